The van der Waals surface area contributed by atoms with Crippen LogP contribution in [0.5, 0.6) is 0 Å². The molecule has 0 saturated heterocycles. The van der Waals surface area contributed by atoms with Crippen LogP contribution >= 0.6 is 0 Å². The first-order valence-corrected chi connectivity index (χ1v) is 40.1. The highest BCUT2D eigenvalue weighted by molar-refractivity contribution is 6.21. The summed E-state index contributed by atoms with van der Waals surface area (Å²) in [6, 6.07) is 73.8. The Morgan fingerprint density at radius 3 is 1.40 bits per heavy atom. The van der Waals surface area contributed by atoms with E-state index < -0.39 is 0 Å². The van der Waals surface area contributed by atoms with Gasteiger partial charge in [0.25, 0.3) is 0 Å². The number of hydrogen-bond donors (Lipinski definition) is 0. The molecule has 4 aliphatic carbocycles. The predicted molar refractivity (Wildman–Crippen MR) is 431 cm³/mol. The molecule has 2 heteroatoms. The largest absolute Gasteiger partial charge is 0.456 e. The van der Waals surface area contributed by atoms with Crippen LogP contribution in [0.3, 0.4) is 0 Å². The zero-order valence-electron chi connectivity index (χ0n) is 62.2. The van der Waals surface area contributed by atoms with Gasteiger partial charge in [0.05, 0.1) is 0 Å². The van der Waals surface area contributed by atoms with Crippen molar-refractivity contribution in [2.75, 3.05) is 0 Å². The molecule has 16 rings (SSSR count). The lowest BCUT2D eigenvalue weighted by Gasteiger charge is -2.40. The Bertz CT molecular complexity index is 4990. The summed E-state index contributed by atoms with van der Waals surface area (Å²) in [6.07, 6.45) is 32.2. The minimum atomic E-state index is -0.207. The molecule has 2 aromatic heterocycles. The Hall–Kier alpha value is -8.20. The number of unbranched alkanes of at least 4 members (excludes halogenated alkanes) is 16. The summed E-state index contributed by atoms with van der Waals surface area (Å²) in [7, 11) is 0. The number of furan rings is 2. The molecule has 2 nitrogen and oxygen atoms in total. The van der Waals surface area contributed by atoms with E-state index in [0.29, 0.717) is 0 Å². The molecular formula is C99H108O2. The van der Waals surface area contributed by atoms with Crippen molar-refractivity contribution in [2.24, 2.45) is 0 Å². The third-order valence-electron chi connectivity index (χ3n) is 25.7. The lowest BCUT2D eigenvalue weighted by atomic mass is 9.62. The van der Waals surface area contributed by atoms with E-state index in [2.05, 4.69) is 243 Å². The Kier molecular flexibility index (Phi) is 18.6. The molecule has 12 aromatic rings. The number of benzene rings is 10. The molecule has 0 saturated carbocycles. The van der Waals surface area contributed by atoms with E-state index in [1.807, 2.05) is 0 Å². The zero-order chi connectivity index (χ0) is 69.0. The van der Waals surface area contributed by atoms with Crippen LogP contribution in [0.2, 0.25) is 0 Å². The minimum Gasteiger partial charge on any atom is -0.456 e. The van der Waals surface area contributed by atoms with Crippen LogP contribution in [0.4, 0.5) is 0 Å². The van der Waals surface area contributed by atoms with Crippen molar-refractivity contribution in [3.63, 3.8) is 0 Å². The highest BCUT2D eigenvalue weighted by Crippen LogP contribution is 2.68. The van der Waals surface area contributed by atoms with E-state index in [4.69, 9.17) is 8.83 Å². The Morgan fingerprint density at radius 1 is 0.307 bits per heavy atom. The van der Waals surface area contributed by atoms with Gasteiger partial charge >= 0.3 is 0 Å². The Labute approximate surface area is 603 Å². The molecule has 10 aromatic carbocycles. The van der Waals surface area contributed by atoms with Gasteiger partial charge in [0.2, 0.25) is 0 Å². The second-order valence-corrected chi connectivity index (χ2v) is 32.7. The fourth-order valence-electron chi connectivity index (χ4n) is 20.5. The SMILES string of the molecule is CCCCCCCC1(CCCCCCC)c2cc(CC(Cc3ccc4c(c3)C(C)(C)c3cc5c(cc3-4)C(C)(C)c3ccc4oc6ccccc6c4c3-5)c3ccc(-c4ccccc4)cc3)ccc2-c2c1c1c(c3c2oc2ccccc23)-c2ccccc2C1(CCCCCCC)CCCCCCC. The van der Waals surface area contributed by atoms with Crippen LogP contribution < -0.4 is 0 Å². The van der Waals surface area contributed by atoms with E-state index >= 15 is 0 Å². The molecule has 4 aliphatic rings. The van der Waals surface area contributed by atoms with E-state index in [1.165, 1.54) is 270 Å². The summed E-state index contributed by atoms with van der Waals surface area (Å²) in [6.45, 7) is 19.4. The summed E-state index contributed by atoms with van der Waals surface area (Å²) < 4.78 is 14.2. The van der Waals surface area contributed by atoms with E-state index in [0.717, 1.165) is 35.2 Å². The van der Waals surface area contributed by atoms with Crippen LogP contribution in [0.15, 0.2) is 197 Å². The highest BCUT2D eigenvalue weighted by atomic mass is 16.3. The fraction of sp³-hybridized carbons (Fsp3) is 0.394. The molecule has 101 heavy (non-hydrogen) atoms. The lowest BCUT2D eigenvalue weighted by Crippen LogP contribution is -2.33. The second kappa shape index (κ2) is 27.9. The van der Waals surface area contributed by atoms with Gasteiger partial charge in [-0.25, -0.2) is 0 Å². The molecule has 0 radical (unpaired) electrons. The number of fused-ring (bicyclic) bond motifs is 22. The monoisotopic (exact) mass is 1330 g/mol. The molecule has 0 spiro atoms. The summed E-state index contributed by atoms with van der Waals surface area (Å²) in [4.78, 5) is 0. The maximum Gasteiger partial charge on any atom is 0.144 e. The zero-order valence-corrected chi connectivity index (χ0v) is 62.2. The summed E-state index contributed by atoms with van der Waals surface area (Å²) in [5, 5.41) is 5.08. The third-order valence-corrected chi connectivity index (χ3v) is 25.7. The maximum atomic E-state index is 7.61. The van der Waals surface area contributed by atoms with Crippen LogP contribution in [-0.4, -0.2) is 0 Å². The Morgan fingerprint density at radius 2 is 0.772 bits per heavy atom. The van der Waals surface area contributed by atoms with Crippen molar-refractivity contribution in [3.8, 4) is 55.6 Å². The predicted octanol–water partition coefficient (Wildman–Crippen LogP) is 29.3. The van der Waals surface area contributed by atoms with Crippen LogP contribution in [-0.2, 0) is 34.5 Å². The van der Waals surface area contributed by atoms with Crippen LogP contribution in [0, 0.1) is 0 Å². The number of rotatable bonds is 30. The first-order valence-electron chi connectivity index (χ1n) is 40.1. The van der Waals surface area contributed by atoms with Crippen molar-refractivity contribution in [2.45, 2.75) is 250 Å². The average Bonchev–Trinajstić information content (AvgIpc) is 1.50. The van der Waals surface area contributed by atoms with Gasteiger partial charge in [-0.2, -0.15) is 0 Å². The number of hydrogen-bond acceptors (Lipinski definition) is 2. The van der Waals surface area contributed by atoms with E-state index in [1.54, 1.807) is 22.3 Å². The first-order chi connectivity index (χ1) is 49.4. The highest BCUT2D eigenvalue weighted by Gasteiger charge is 2.54. The topological polar surface area (TPSA) is 26.3 Å². The molecule has 0 fully saturated rings. The summed E-state index contributed by atoms with van der Waals surface area (Å²) in [5.41, 5.74) is 33.8. The molecule has 0 amide bonds. The van der Waals surface area contributed by atoms with Gasteiger partial charge in [0.1, 0.15) is 22.3 Å². The molecule has 1 atom stereocenters. The fourth-order valence-corrected chi connectivity index (χ4v) is 20.5. The van der Waals surface area contributed by atoms with Crippen molar-refractivity contribution < 1.29 is 8.83 Å². The quantitative estimate of drug-likeness (QED) is 0.0420. The Balaban J connectivity index is 0.851. The van der Waals surface area contributed by atoms with E-state index in [-0.39, 0.29) is 27.6 Å². The first kappa shape index (κ1) is 67.3. The van der Waals surface area contributed by atoms with Gasteiger partial charge in [0.15, 0.2) is 0 Å². The van der Waals surface area contributed by atoms with Gasteiger partial charge < -0.3 is 8.83 Å². The average molecular weight is 1330 g/mol. The van der Waals surface area contributed by atoms with Crippen molar-refractivity contribution >= 4 is 43.9 Å². The summed E-state index contributed by atoms with van der Waals surface area (Å²) in [5.74, 6) is 0.228. The molecule has 1 unspecified atom stereocenters. The van der Waals surface area contributed by atoms with Crippen molar-refractivity contribution in [1.29, 1.82) is 0 Å². The van der Waals surface area contributed by atoms with Crippen molar-refractivity contribution in [1.82, 2.24) is 0 Å². The maximum absolute atomic E-state index is 7.61. The molecule has 0 aliphatic heterocycles. The van der Waals surface area contributed by atoms with E-state index in [9.17, 15) is 0 Å². The molecule has 2 heterocycles. The number of para-hydroxylation sites is 2. The van der Waals surface area contributed by atoms with Gasteiger partial charge in [-0.3, -0.25) is 0 Å². The van der Waals surface area contributed by atoms with Gasteiger partial charge in [0, 0.05) is 48.8 Å². The minimum absolute atomic E-state index is 0.102. The van der Waals surface area contributed by atoms with Crippen LogP contribution in [0.25, 0.3) is 99.5 Å². The second-order valence-electron chi connectivity index (χ2n) is 32.7. The van der Waals surface area contributed by atoms with Gasteiger partial charge in [-0.1, -0.05) is 342 Å². The molecule has 0 N–H and O–H groups in total. The van der Waals surface area contributed by atoms with Crippen LogP contribution in [0.1, 0.15) is 277 Å². The van der Waals surface area contributed by atoms with Crippen molar-refractivity contribution in [3.05, 3.63) is 249 Å². The molecule has 516 valence electrons. The third kappa shape index (κ3) is 11.5. The summed E-state index contributed by atoms with van der Waals surface area (Å²) >= 11 is 0. The van der Waals surface area contributed by atoms with Gasteiger partial charge in [-0.05, 0) is 186 Å². The molecule has 0 bridgehead atoms. The lowest BCUT2D eigenvalue weighted by molar-refractivity contribution is 0.368. The standard InChI is InChI=1S/C99H108O2/c1-9-13-17-21-34-56-98(57-35-22-18-14-10-2)79-43-31-28-40-73(79)90-91-76-42-30-33-45-86(76)101-95(91)92-74-53-47-67(63-84(74)99(94(92)93(90)98,58-36-23-19-15-11-3)59-37-24-20-16-12-4)61-71(70-50-48-69(49-51-70)68-38-26-25-27-39-68)60-66-46-52-72-77-64-83-78(65-82(77)97(7,8)81(72)62-66)88-80(96(83,5)6)54-55-87-89(88)75-41-29-32-44-85(75)100-87/h25-33,38-55,62-65,71H,9-24,34-37,56-61H2,1-8H3. The smallest absolute Gasteiger partial charge is 0.144 e. The normalized spacial score (nSPS) is 15.4. The molecular weight excluding hydrogens is 1220 g/mol. The van der Waals surface area contributed by atoms with Gasteiger partial charge in [-0.15, -0.1) is 0 Å².